The maximum atomic E-state index is 13.1. The first-order valence-corrected chi connectivity index (χ1v) is 10.9. The number of nitrogens with zero attached hydrogens (tertiary/aromatic N) is 2. The van der Waals surface area contributed by atoms with Gasteiger partial charge in [-0.1, -0.05) is 32.0 Å². The molecular formula is C23H34N4O5. The van der Waals surface area contributed by atoms with Gasteiger partial charge in [0, 0.05) is 33.2 Å². The summed E-state index contributed by atoms with van der Waals surface area (Å²) in [5, 5.41) is 0. The number of benzene rings is 1. The number of H-pyrrole nitrogens is 1. The highest BCUT2D eigenvalue weighted by molar-refractivity contribution is 5.95. The Hall–Kier alpha value is -3.07. The van der Waals surface area contributed by atoms with Crippen LogP contribution in [0, 0.1) is 12.8 Å². The lowest BCUT2D eigenvalue weighted by Gasteiger charge is -2.25. The Morgan fingerprint density at radius 1 is 1.19 bits per heavy atom. The van der Waals surface area contributed by atoms with Crippen molar-refractivity contribution in [2.45, 2.75) is 46.6 Å². The van der Waals surface area contributed by atoms with E-state index in [0.717, 1.165) is 11.3 Å². The molecule has 2 rings (SSSR count). The Balaban J connectivity index is 2.20. The number of nitrogen functional groups attached to an aromatic ring is 1. The summed E-state index contributed by atoms with van der Waals surface area (Å²) in [6, 6.07) is 7.67. The van der Waals surface area contributed by atoms with Gasteiger partial charge in [-0.25, -0.2) is 4.79 Å². The van der Waals surface area contributed by atoms with Gasteiger partial charge < -0.3 is 20.1 Å². The number of nitrogens with two attached hydrogens (primary N) is 1. The highest BCUT2D eigenvalue weighted by atomic mass is 16.5. The van der Waals surface area contributed by atoms with E-state index in [2.05, 4.69) is 4.98 Å². The van der Waals surface area contributed by atoms with E-state index >= 15 is 0 Å². The number of para-hydroxylation sites is 1. The second kappa shape index (κ2) is 12.1. The van der Waals surface area contributed by atoms with Gasteiger partial charge in [0.1, 0.15) is 11.6 Å². The molecule has 0 fully saturated rings. The number of hydrogen-bond acceptors (Lipinski definition) is 6. The van der Waals surface area contributed by atoms with Crippen molar-refractivity contribution in [3.05, 3.63) is 50.7 Å². The van der Waals surface area contributed by atoms with Crippen LogP contribution in [0.25, 0.3) is 0 Å². The third-order valence-corrected chi connectivity index (χ3v) is 4.95. The summed E-state index contributed by atoms with van der Waals surface area (Å²) in [6.07, 6.45) is 1.16. The summed E-state index contributed by atoms with van der Waals surface area (Å²) in [4.78, 5) is 41.6. The molecule has 176 valence electrons. The molecule has 0 atom stereocenters. The Morgan fingerprint density at radius 2 is 1.91 bits per heavy atom. The zero-order chi connectivity index (χ0) is 23.7. The van der Waals surface area contributed by atoms with Crippen LogP contribution in [0.5, 0.6) is 5.75 Å². The maximum absolute atomic E-state index is 13.1. The zero-order valence-electron chi connectivity index (χ0n) is 19.3. The van der Waals surface area contributed by atoms with Gasteiger partial charge in [-0.2, -0.15) is 0 Å². The zero-order valence-corrected chi connectivity index (χ0v) is 19.3. The summed E-state index contributed by atoms with van der Waals surface area (Å²) < 4.78 is 12.2. The smallest absolute Gasteiger partial charge is 0.330 e. The van der Waals surface area contributed by atoms with E-state index in [-0.39, 0.29) is 36.3 Å². The van der Waals surface area contributed by atoms with Crippen molar-refractivity contribution in [1.82, 2.24) is 9.55 Å². The minimum Gasteiger partial charge on any atom is -0.493 e. The largest absolute Gasteiger partial charge is 0.493 e. The van der Waals surface area contributed by atoms with E-state index in [9.17, 15) is 14.4 Å². The van der Waals surface area contributed by atoms with Crippen molar-refractivity contribution in [2.75, 3.05) is 37.5 Å². The Bertz CT molecular complexity index is 1010. The minimum atomic E-state index is -0.672. The van der Waals surface area contributed by atoms with Crippen LogP contribution >= 0.6 is 0 Å². The maximum Gasteiger partial charge on any atom is 0.330 e. The molecule has 32 heavy (non-hydrogen) atoms. The van der Waals surface area contributed by atoms with Crippen LogP contribution in [0.2, 0.25) is 0 Å². The van der Waals surface area contributed by atoms with Gasteiger partial charge in [-0.15, -0.1) is 0 Å². The molecule has 9 nitrogen and oxygen atoms in total. The van der Waals surface area contributed by atoms with Crippen LogP contribution < -0.4 is 26.6 Å². The number of carbonyl (C=O) groups excluding carboxylic acids is 1. The molecule has 0 aliphatic heterocycles. The number of aromatic amines is 1. The first-order valence-electron chi connectivity index (χ1n) is 10.9. The van der Waals surface area contributed by atoms with E-state index in [1.807, 2.05) is 45.0 Å². The summed E-state index contributed by atoms with van der Waals surface area (Å²) in [5.41, 5.74) is 5.99. The van der Waals surface area contributed by atoms with E-state index in [1.165, 1.54) is 9.47 Å². The topological polar surface area (TPSA) is 120 Å². The molecule has 0 unspecified atom stereocenters. The fourth-order valence-corrected chi connectivity index (χ4v) is 3.37. The van der Waals surface area contributed by atoms with Gasteiger partial charge in [-0.05, 0) is 37.3 Å². The van der Waals surface area contributed by atoms with Crippen LogP contribution in [-0.2, 0) is 16.1 Å². The monoisotopic (exact) mass is 446 g/mol. The molecule has 9 heteroatoms. The fourth-order valence-electron chi connectivity index (χ4n) is 3.37. The molecular weight excluding hydrogens is 412 g/mol. The van der Waals surface area contributed by atoms with Crippen LogP contribution in [0.3, 0.4) is 0 Å². The molecule has 0 saturated carbocycles. The summed E-state index contributed by atoms with van der Waals surface area (Å²) >= 11 is 0. The van der Waals surface area contributed by atoms with Crippen LogP contribution in [0.15, 0.2) is 33.9 Å². The third kappa shape index (κ3) is 6.71. The lowest BCUT2D eigenvalue weighted by Crippen LogP contribution is -2.42. The van der Waals surface area contributed by atoms with E-state index in [0.29, 0.717) is 32.6 Å². The molecule has 2 aromatic rings. The van der Waals surface area contributed by atoms with Crippen molar-refractivity contribution < 1.29 is 14.3 Å². The highest BCUT2D eigenvalue weighted by Crippen LogP contribution is 2.20. The van der Waals surface area contributed by atoms with E-state index in [1.54, 1.807) is 7.11 Å². The predicted octanol–water partition coefficient (Wildman–Crippen LogP) is 2.31. The van der Waals surface area contributed by atoms with Gasteiger partial charge in [-0.3, -0.25) is 19.1 Å². The molecule has 0 spiro atoms. The quantitative estimate of drug-likeness (QED) is 0.483. The fraction of sp³-hybridized carbons (Fsp3) is 0.522. The SMILES string of the molecule is COCCCN(C(=O)CCCOc1ccccc1C)c1c(N)n(CC(C)C)c(=O)[nH]c1=O. The van der Waals surface area contributed by atoms with Crippen molar-refractivity contribution in [3.63, 3.8) is 0 Å². The minimum absolute atomic E-state index is 0.00521. The van der Waals surface area contributed by atoms with Gasteiger partial charge in [0.05, 0.1) is 6.61 Å². The molecule has 1 aromatic carbocycles. The average Bonchev–Trinajstić information content (AvgIpc) is 2.74. The lowest BCUT2D eigenvalue weighted by atomic mass is 10.2. The Labute approximate surface area is 188 Å². The number of aromatic nitrogens is 2. The van der Waals surface area contributed by atoms with Crippen molar-refractivity contribution in [2.24, 2.45) is 5.92 Å². The second-order valence-electron chi connectivity index (χ2n) is 8.11. The third-order valence-electron chi connectivity index (χ3n) is 4.95. The van der Waals surface area contributed by atoms with E-state index < -0.39 is 11.2 Å². The molecule has 0 aliphatic carbocycles. The Kier molecular flexibility index (Phi) is 9.52. The molecule has 0 saturated heterocycles. The summed E-state index contributed by atoms with van der Waals surface area (Å²) in [5.74, 6) is 0.638. The van der Waals surface area contributed by atoms with E-state index in [4.69, 9.17) is 15.2 Å². The van der Waals surface area contributed by atoms with Gasteiger partial charge in [0.2, 0.25) is 5.91 Å². The Morgan fingerprint density at radius 3 is 2.56 bits per heavy atom. The number of amides is 1. The molecule has 3 N–H and O–H groups in total. The molecule has 1 amide bonds. The molecule has 1 aromatic heterocycles. The van der Waals surface area contributed by atoms with Crippen LogP contribution in [-0.4, -0.2) is 42.3 Å². The first-order chi connectivity index (χ1) is 15.3. The van der Waals surface area contributed by atoms with Crippen molar-refractivity contribution in [1.29, 1.82) is 0 Å². The number of nitrogens with one attached hydrogen (secondary N) is 1. The lowest BCUT2D eigenvalue weighted by molar-refractivity contribution is -0.118. The number of rotatable bonds is 12. The van der Waals surface area contributed by atoms with Gasteiger partial charge in [0.25, 0.3) is 5.56 Å². The summed E-state index contributed by atoms with van der Waals surface area (Å²) in [7, 11) is 1.57. The van der Waals surface area contributed by atoms with Crippen LogP contribution in [0.4, 0.5) is 11.5 Å². The van der Waals surface area contributed by atoms with Crippen LogP contribution in [0.1, 0.15) is 38.7 Å². The molecule has 0 aliphatic rings. The van der Waals surface area contributed by atoms with Crippen molar-refractivity contribution >= 4 is 17.4 Å². The average molecular weight is 447 g/mol. The number of anilines is 2. The normalized spacial score (nSPS) is 11.0. The molecule has 0 bridgehead atoms. The number of carbonyl (C=O) groups is 1. The number of hydrogen-bond donors (Lipinski definition) is 2. The van der Waals surface area contributed by atoms with Gasteiger partial charge >= 0.3 is 5.69 Å². The second-order valence-corrected chi connectivity index (χ2v) is 8.11. The predicted molar refractivity (Wildman–Crippen MR) is 125 cm³/mol. The number of methoxy groups -OCH3 is 1. The molecule has 1 heterocycles. The number of aryl methyl sites for hydroxylation is 1. The first kappa shape index (κ1) is 25.2. The highest BCUT2D eigenvalue weighted by Gasteiger charge is 2.24. The molecule has 0 radical (unpaired) electrons. The standard InChI is InChI=1S/C23H34N4O5/c1-16(2)15-27-21(24)20(22(29)25-23(27)30)26(12-8-13-31-4)19(28)11-7-14-32-18-10-6-5-9-17(18)3/h5-6,9-10,16H,7-8,11-15,24H2,1-4H3,(H,25,29,30). The van der Waals surface area contributed by atoms with Crippen molar-refractivity contribution in [3.8, 4) is 5.75 Å². The number of ether oxygens (including phenoxy) is 2. The summed E-state index contributed by atoms with van der Waals surface area (Å²) in [6.45, 7) is 7.19. The van der Waals surface area contributed by atoms with Gasteiger partial charge in [0.15, 0.2) is 5.69 Å².